The van der Waals surface area contributed by atoms with E-state index in [9.17, 15) is 8.78 Å². The van der Waals surface area contributed by atoms with Crippen LogP contribution in [0.5, 0.6) is 0 Å². The molecule has 0 bridgehead atoms. The zero-order chi connectivity index (χ0) is 15.6. The second-order valence-corrected chi connectivity index (χ2v) is 7.24. The van der Waals surface area contributed by atoms with Crippen LogP contribution in [-0.2, 0) is 6.54 Å². The van der Waals surface area contributed by atoms with Gasteiger partial charge >= 0.3 is 0 Å². The van der Waals surface area contributed by atoms with Gasteiger partial charge in [0.25, 0.3) is 0 Å². The number of benzene rings is 1. The van der Waals surface area contributed by atoms with Crippen LogP contribution in [-0.4, -0.2) is 29.6 Å². The Morgan fingerprint density at radius 3 is 2.76 bits per heavy atom. The number of nitrogens with zero attached hydrogens (tertiary/aromatic N) is 1. The molecule has 0 radical (unpaired) electrons. The van der Waals surface area contributed by atoms with Crippen LogP contribution in [0.1, 0.15) is 39.2 Å². The molecule has 2 rings (SSSR count). The van der Waals surface area contributed by atoms with Gasteiger partial charge in [-0.15, -0.1) is 0 Å². The fourth-order valence-corrected chi connectivity index (χ4v) is 3.18. The lowest BCUT2D eigenvalue weighted by molar-refractivity contribution is 0.0543. The smallest absolute Gasteiger partial charge is 0.144 e. The summed E-state index contributed by atoms with van der Waals surface area (Å²) < 4.78 is 28.5. The predicted octanol–water partition coefficient (Wildman–Crippen LogP) is 4.08. The lowest BCUT2D eigenvalue weighted by atomic mass is 9.95. The molecule has 0 saturated carbocycles. The molecule has 1 aromatic rings. The van der Waals surface area contributed by atoms with Gasteiger partial charge in [-0.05, 0) is 48.3 Å². The van der Waals surface area contributed by atoms with E-state index in [-0.39, 0.29) is 11.1 Å². The second kappa shape index (κ2) is 6.71. The van der Waals surface area contributed by atoms with Crippen LogP contribution in [0.15, 0.2) is 16.6 Å². The summed E-state index contributed by atoms with van der Waals surface area (Å²) in [6.45, 7) is 8.30. The van der Waals surface area contributed by atoms with Crippen LogP contribution in [0.2, 0.25) is 0 Å². The van der Waals surface area contributed by atoms with Crippen molar-refractivity contribution in [2.75, 3.05) is 13.1 Å². The number of hydrogen-bond donors (Lipinski definition) is 1. The van der Waals surface area contributed by atoms with E-state index >= 15 is 0 Å². The predicted molar refractivity (Wildman–Crippen MR) is 85.2 cm³/mol. The number of nitrogens with one attached hydrogen (secondary N) is 1. The first-order valence-corrected chi connectivity index (χ1v) is 8.25. The Labute approximate surface area is 134 Å². The monoisotopic (exact) mass is 360 g/mol. The molecule has 1 aromatic carbocycles. The molecule has 1 aliphatic heterocycles. The number of halogens is 3. The molecule has 1 fully saturated rings. The minimum absolute atomic E-state index is 0.120. The van der Waals surface area contributed by atoms with Gasteiger partial charge < -0.3 is 5.32 Å². The summed E-state index contributed by atoms with van der Waals surface area (Å²) in [4.78, 5) is 2.18. The van der Waals surface area contributed by atoms with E-state index in [0.29, 0.717) is 17.1 Å². The molecule has 1 N–H and O–H groups in total. The fraction of sp³-hybridized carbons (Fsp3) is 0.625. The van der Waals surface area contributed by atoms with Crippen molar-refractivity contribution in [3.8, 4) is 0 Å². The molecule has 1 aliphatic rings. The van der Waals surface area contributed by atoms with Crippen LogP contribution in [0.4, 0.5) is 8.78 Å². The first-order valence-electron chi connectivity index (χ1n) is 7.46. The van der Waals surface area contributed by atoms with Crippen molar-refractivity contribution in [1.82, 2.24) is 10.2 Å². The third-order valence-electron chi connectivity index (χ3n) is 4.25. The molecule has 0 aliphatic carbocycles. The number of rotatable bonds is 4. The molecule has 21 heavy (non-hydrogen) atoms. The Morgan fingerprint density at radius 2 is 2.10 bits per heavy atom. The highest BCUT2D eigenvalue weighted by Gasteiger charge is 2.34. The van der Waals surface area contributed by atoms with Crippen molar-refractivity contribution in [1.29, 1.82) is 0 Å². The van der Waals surface area contributed by atoms with Crippen LogP contribution in [0.3, 0.4) is 0 Å². The van der Waals surface area contributed by atoms with Crippen molar-refractivity contribution in [3.05, 3.63) is 33.8 Å². The minimum atomic E-state index is -0.489. The molecule has 1 heterocycles. The Balaban J connectivity index is 2.21. The molecular formula is C16H23BrF2N2. The first kappa shape index (κ1) is 16.8. The van der Waals surface area contributed by atoms with Gasteiger partial charge in [0.1, 0.15) is 11.6 Å². The molecule has 2 nitrogen and oxygen atoms in total. The first-order chi connectivity index (χ1) is 9.85. The normalized spacial score (nSPS) is 22.5. The van der Waals surface area contributed by atoms with E-state index in [1.807, 2.05) is 0 Å². The van der Waals surface area contributed by atoms with Crippen LogP contribution >= 0.6 is 15.9 Å². The van der Waals surface area contributed by atoms with Crippen molar-refractivity contribution in [3.63, 3.8) is 0 Å². The number of hydrogen-bond acceptors (Lipinski definition) is 2. The highest BCUT2D eigenvalue weighted by atomic mass is 79.9. The highest BCUT2D eigenvalue weighted by Crippen LogP contribution is 2.27. The van der Waals surface area contributed by atoms with Crippen LogP contribution in [0, 0.1) is 11.6 Å². The zero-order valence-electron chi connectivity index (χ0n) is 12.8. The maximum absolute atomic E-state index is 14.2. The fourth-order valence-electron chi connectivity index (χ4n) is 2.81. The molecule has 118 valence electrons. The lowest BCUT2D eigenvalue weighted by Gasteiger charge is -2.46. The van der Waals surface area contributed by atoms with E-state index in [0.717, 1.165) is 25.9 Å². The van der Waals surface area contributed by atoms with Crippen molar-refractivity contribution in [2.45, 2.75) is 51.7 Å². The molecule has 0 aromatic heterocycles. The summed E-state index contributed by atoms with van der Waals surface area (Å²) in [5.74, 6) is -0.964. The van der Waals surface area contributed by atoms with Crippen molar-refractivity contribution < 1.29 is 8.78 Å². The largest absolute Gasteiger partial charge is 0.311 e. The summed E-state index contributed by atoms with van der Waals surface area (Å²) in [5.41, 5.74) is 0.0282. The average molecular weight is 361 g/mol. The maximum atomic E-state index is 14.2. The van der Waals surface area contributed by atoms with Gasteiger partial charge in [0.05, 0.1) is 4.47 Å². The Kier molecular flexibility index (Phi) is 5.38. The third kappa shape index (κ3) is 3.82. The Bertz CT molecular complexity index is 505. The summed E-state index contributed by atoms with van der Waals surface area (Å²) in [5, 5.41) is 3.53. The van der Waals surface area contributed by atoms with Crippen molar-refractivity contribution >= 4 is 15.9 Å². The average Bonchev–Trinajstić information content (AvgIpc) is 2.43. The van der Waals surface area contributed by atoms with E-state index in [1.165, 1.54) is 12.1 Å². The lowest BCUT2D eigenvalue weighted by Crippen LogP contribution is -2.61. The molecule has 1 atom stereocenters. The zero-order valence-corrected chi connectivity index (χ0v) is 14.4. The summed E-state index contributed by atoms with van der Waals surface area (Å²) >= 11 is 3.14. The van der Waals surface area contributed by atoms with Crippen molar-refractivity contribution in [2.24, 2.45) is 0 Å². The van der Waals surface area contributed by atoms with Gasteiger partial charge in [0.2, 0.25) is 0 Å². The van der Waals surface area contributed by atoms with Gasteiger partial charge in [-0.3, -0.25) is 4.90 Å². The minimum Gasteiger partial charge on any atom is -0.311 e. The Hall–Kier alpha value is -0.520. The maximum Gasteiger partial charge on any atom is 0.144 e. The standard InChI is InChI=1S/C16H23BrF2N2/c1-4-5-11-8-21(16(2,3)10-20-11)9-12-14(18)7-6-13(17)15(12)19/h6-7,11,20H,4-5,8-10H2,1-3H3. The summed E-state index contributed by atoms with van der Waals surface area (Å²) in [6, 6.07) is 3.12. The van der Waals surface area contributed by atoms with E-state index in [2.05, 4.69) is 46.9 Å². The summed E-state index contributed by atoms with van der Waals surface area (Å²) in [7, 11) is 0. The Morgan fingerprint density at radius 1 is 1.38 bits per heavy atom. The van der Waals surface area contributed by atoms with Gasteiger partial charge in [0.15, 0.2) is 0 Å². The summed E-state index contributed by atoms with van der Waals surface area (Å²) in [6.07, 6.45) is 2.18. The van der Waals surface area contributed by atoms with Gasteiger partial charge in [0, 0.05) is 36.8 Å². The third-order valence-corrected chi connectivity index (χ3v) is 4.86. The van der Waals surface area contributed by atoms with Gasteiger partial charge in [-0.2, -0.15) is 0 Å². The van der Waals surface area contributed by atoms with E-state index < -0.39 is 11.6 Å². The highest BCUT2D eigenvalue weighted by molar-refractivity contribution is 9.10. The molecule has 0 amide bonds. The van der Waals surface area contributed by atoms with E-state index in [4.69, 9.17) is 0 Å². The van der Waals surface area contributed by atoms with Crippen LogP contribution < -0.4 is 5.32 Å². The van der Waals surface area contributed by atoms with Crippen LogP contribution in [0.25, 0.3) is 0 Å². The SMILES string of the molecule is CCCC1CN(Cc2c(F)ccc(Br)c2F)C(C)(C)CN1. The quantitative estimate of drug-likeness (QED) is 0.813. The molecule has 1 unspecified atom stereocenters. The van der Waals surface area contributed by atoms with Gasteiger partial charge in [-0.1, -0.05) is 13.3 Å². The molecular weight excluding hydrogens is 338 g/mol. The topological polar surface area (TPSA) is 15.3 Å². The second-order valence-electron chi connectivity index (χ2n) is 6.38. The molecule has 5 heteroatoms. The van der Waals surface area contributed by atoms with E-state index in [1.54, 1.807) is 0 Å². The molecule has 1 saturated heterocycles. The number of piperazine rings is 1. The van der Waals surface area contributed by atoms with Gasteiger partial charge in [-0.25, -0.2) is 8.78 Å². The molecule has 0 spiro atoms.